The summed E-state index contributed by atoms with van der Waals surface area (Å²) in [6.07, 6.45) is 1.16. The third-order valence-corrected chi connectivity index (χ3v) is 3.67. The smallest absolute Gasteiger partial charge is 0.185 e. The number of thiazole rings is 1. The van der Waals surface area contributed by atoms with Crippen LogP contribution in [0.2, 0.25) is 0 Å². The van der Waals surface area contributed by atoms with Gasteiger partial charge in [-0.2, -0.15) is 0 Å². The quantitative estimate of drug-likeness (QED) is 0.854. The van der Waals surface area contributed by atoms with Gasteiger partial charge >= 0.3 is 0 Å². The van der Waals surface area contributed by atoms with Crippen molar-refractivity contribution in [1.82, 2.24) is 10.3 Å². The number of hydrogen-bond donors (Lipinski definition) is 1. The summed E-state index contributed by atoms with van der Waals surface area (Å²) in [5, 5.41) is 6.76. The molecular weight excluding hydrogens is 242 g/mol. The highest BCUT2D eigenvalue weighted by atomic mass is 32.1. The van der Waals surface area contributed by atoms with Gasteiger partial charge in [-0.25, -0.2) is 4.98 Å². The van der Waals surface area contributed by atoms with Crippen LogP contribution < -0.4 is 10.2 Å². The van der Waals surface area contributed by atoms with Crippen molar-refractivity contribution in [1.29, 1.82) is 0 Å². The van der Waals surface area contributed by atoms with E-state index in [1.807, 2.05) is 0 Å². The molecule has 104 valence electrons. The maximum Gasteiger partial charge on any atom is 0.185 e. The largest absolute Gasteiger partial charge is 0.351 e. The van der Waals surface area contributed by atoms with Crippen molar-refractivity contribution in [2.75, 3.05) is 25.0 Å². The summed E-state index contributed by atoms with van der Waals surface area (Å²) < 4.78 is 0. The normalized spacial score (nSPS) is 13.7. The Labute approximate surface area is 116 Å². The Morgan fingerprint density at radius 1 is 1.44 bits per heavy atom. The average molecular weight is 269 g/mol. The highest BCUT2D eigenvalue weighted by molar-refractivity contribution is 7.13. The molecule has 0 radical (unpaired) electrons. The van der Waals surface area contributed by atoms with Gasteiger partial charge in [-0.15, -0.1) is 11.3 Å². The Bertz CT molecular complexity index is 354. The second kappa shape index (κ2) is 6.53. The Hall–Kier alpha value is -0.610. The van der Waals surface area contributed by atoms with Crippen LogP contribution in [0.3, 0.4) is 0 Å². The highest BCUT2D eigenvalue weighted by Gasteiger charge is 2.17. The molecule has 0 fully saturated rings. The molecule has 0 saturated carbocycles. The molecule has 0 spiro atoms. The van der Waals surface area contributed by atoms with Gasteiger partial charge in [-0.1, -0.05) is 27.7 Å². The van der Waals surface area contributed by atoms with Crippen LogP contribution in [-0.2, 0) is 0 Å². The van der Waals surface area contributed by atoms with E-state index in [9.17, 15) is 0 Å². The lowest BCUT2D eigenvalue weighted by molar-refractivity contribution is 0.418. The Morgan fingerprint density at radius 2 is 2.11 bits per heavy atom. The van der Waals surface area contributed by atoms with Crippen molar-refractivity contribution in [3.8, 4) is 0 Å². The fourth-order valence-electron chi connectivity index (χ4n) is 1.89. The molecule has 1 aromatic heterocycles. The lowest BCUT2D eigenvalue weighted by atomic mass is 9.96. The highest BCUT2D eigenvalue weighted by Crippen LogP contribution is 2.26. The molecule has 0 aliphatic rings. The number of nitrogens with one attached hydrogen (secondary N) is 1. The molecule has 0 aliphatic heterocycles. The third kappa shape index (κ3) is 4.94. The van der Waals surface area contributed by atoms with Crippen molar-refractivity contribution in [3.63, 3.8) is 0 Å². The van der Waals surface area contributed by atoms with Gasteiger partial charge in [-0.05, 0) is 25.3 Å². The summed E-state index contributed by atoms with van der Waals surface area (Å²) in [4.78, 5) is 6.98. The lowest BCUT2D eigenvalue weighted by Crippen LogP contribution is -2.29. The number of anilines is 1. The van der Waals surface area contributed by atoms with Gasteiger partial charge in [0.25, 0.3) is 0 Å². The SMILES string of the molecule is CCCNC(C)c1csc(N(C)CC(C)(C)C)n1. The van der Waals surface area contributed by atoms with Crippen molar-refractivity contribution in [2.45, 2.75) is 47.1 Å². The summed E-state index contributed by atoms with van der Waals surface area (Å²) in [5.41, 5.74) is 1.45. The average Bonchev–Trinajstić information content (AvgIpc) is 2.72. The van der Waals surface area contributed by atoms with Crippen molar-refractivity contribution >= 4 is 16.5 Å². The zero-order valence-electron chi connectivity index (χ0n) is 12.6. The second-order valence-corrected chi connectivity index (χ2v) is 6.98. The van der Waals surface area contributed by atoms with E-state index in [4.69, 9.17) is 4.98 Å². The van der Waals surface area contributed by atoms with Gasteiger partial charge in [0.15, 0.2) is 5.13 Å². The number of hydrogen-bond acceptors (Lipinski definition) is 4. The first-order chi connectivity index (χ1) is 8.33. The molecular formula is C14H27N3S. The van der Waals surface area contributed by atoms with Crippen molar-refractivity contribution in [3.05, 3.63) is 11.1 Å². The summed E-state index contributed by atoms with van der Waals surface area (Å²) in [6.45, 7) is 13.2. The van der Waals surface area contributed by atoms with E-state index in [1.54, 1.807) is 11.3 Å². The molecule has 18 heavy (non-hydrogen) atoms. The first kappa shape index (κ1) is 15.4. The standard InChI is InChI=1S/C14H27N3S/c1-7-8-15-11(2)12-9-18-13(16-12)17(6)10-14(3,4)5/h9,11,15H,7-8,10H2,1-6H3. The molecule has 3 nitrogen and oxygen atoms in total. The van der Waals surface area contributed by atoms with E-state index in [-0.39, 0.29) is 0 Å². The minimum Gasteiger partial charge on any atom is -0.351 e. The van der Waals surface area contributed by atoms with Crippen LogP contribution >= 0.6 is 11.3 Å². The number of nitrogens with zero attached hydrogens (tertiary/aromatic N) is 2. The molecule has 1 aromatic rings. The zero-order chi connectivity index (χ0) is 13.8. The maximum absolute atomic E-state index is 4.73. The maximum atomic E-state index is 4.73. The van der Waals surface area contributed by atoms with E-state index in [1.165, 1.54) is 0 Å². The Balaban J connectivity index is 2.62. The predicted molar refractivity (Wildman–Crippen MR) is 81.5 cm³/mol. The van der Waals surface area contributed by atoms with Crippen LogP contribution in [0.1, 0.15) is 52.8 Å². The predicted octanol–water partition coefficient (Wildman–Crippen LogP) is 3.69. The Kier molecular flexibility index (Phi) is 5.60. The minimum atomic E-state index is 0.298. The molecule has 0 saturated heterocycles. The van der Waals surface area contributed by atoms with Crippen LogP contribution in [-0.4, -0.2) is 25.1 Å². The fourth-order valence-corrected chi connectivity index (χ4v) is 2.78. The molecule has 0 bridgehead atoms. The molecule has 1 atom stereocenters. The molecule has 1 unspecified atom stereocenters. The molecule has 0 aromatic carbocycles. The van der Waals surface area contributed by atoms with Gasteiger partial charge in [0.05, 0.1) is 5.69 Å². The van der Waals surface area contributed by atoms with E-state index in [2.05, 4.69) is 57.3 Å². The van der Waals surface area contributed by atoms with Crippen LogP contribution in [0.5, 0.6) is 0 Å². The monoisotopic (exact) mass is 269 g/mol. The minimum absolute atomic E-state index is 0.298. The summed E-state index contributed by atoms with van der Waals surface area (Å²) in [5.74, 6) is 0. The topological polar surface area (TPSA) is 28.2 Å². The molecule has 1 heterocycles. The third-order valence-electron chi connectivity index (χ3n) is 2.69. The van der Waals surface area contributed by atoms with Crippen molar-refractivity contribution < 1.29 is 0 Å². The van der Waals surface area contributed by atoms with Gasteiger partial charge in [0.1, 0.15) is 0 Å². The van der Waals surface area contributed by atoms with Crippen LogP contribution in [0.15, 0.2) is 5.38 Å². The summed E-state index contributed by atoms with van der Waals surface area (Å²) in [6, 6.07) is 0.345. The summed E-state index contributed by atoms with van der Waals surface area (Å²) >= 11 is 1.73. The van der Waals surface area contributed by atoms with Gasteiger partial charge < -0.3 is 10.2 Å². The van der Waals surface area contributed by atoms with E-state index >= 15 is 0 Å². The van der Waals surface area contributed by atoms with E-state index < -0.39 is 0 Å². The molecule has 1 N–H and O–H groups in total. The van der Waals surface area contributed by atoms with E-state index in [0.717, 1.165) is 30.3 Å². The second-order valence-electron chi connectivity index (χ2n) is 6.15. The van der Waals surface area contributed by atoms with Gasteiger partial charge in [-0.3, -0.25) is 0 Å². The van der Waals surface area contributed by atoms with Crippen molar-refractivity contribution in [2.24, 2.45) is 5.41 Å². The molecule has 0 aliphatic carbocycles. The number of rotatable bonds is 6. The molecule has 0 amide bonds. The number of aromatic nitrogens is 1. The fraction of sp³-hybridized carbons (Fsp3) is 0.786. The first-order valence-electron chi connectivity index (χ1n) is 6.73. The zero-order valence-corrected chi connectivity index (χ0v) is 13.4. The molecule has 1 rings (SSSR count). The molecule has 4 heteroatoms. The lowest BCUT2D eigenvalue weighted by Gasteiger charge is -2.26. The first-order valence-corrected chi connectivity index (χ1v) is 7.61. The van der Waals surface area contributed by atoms with E-state index in [0.29, 0.717) is 11.5 Å². The van der Waals surface area contributed by atoms with Gasteiger partial charge in [0, 0.05) is 25.0 Å². The van der Waals surface area contributed by atoms with Crippen LogP contribution in [0.25, 0.3) is 0 Å². The Morgan fingerprint density at radius 3 is 2.67 bits per heavy atom. The van der Waals surface area contributed by atoms with Gasteiger partial charge in [0.2, 0.25) is 0 Å². The summed E-state index contributed by atoms with van der Waals surface area (Å²) in [7, 11) is 2.12. The van der Waals surface area contributed by atoms with Crippen LogP contribution in [0.4, 0.5) is 5.13 Å². The van der Waals surface area contributed by atoms with Crippen LogP contribution in [0, 0.1) is 5.41 Å².